The summed E-state index contributed by atoms with van der Waals surface area (Å²) in [5.41, 5.74) is 8.46. The molecule has 0 aromatic carbocycles. The fourth-order valence-electron chi connectivity index (χ4n) is 1.81. The first-order valence-corrected chi connectivity index (χ1v) is 4.81. The molecule has 1 unspecified atom stereocenters. The number of aromatic nitrogens is 1. The number of fused-ring (bicyclic) bond motifs is 2. The molecule has 1 aromatic rings. The van der Waals surface area contributed by atoms with Crippen molar-refractivity contribution in [1.82, 2.24) is 15.8 Å². The van der Waals surface area contributed by atoms with Gasteiger partial charge in [0.25, 0.3) is 5.56 Å². The Morgan fingerprint density at radius 1 is 1.40 bits per heavy atom. The Morgan fingerprint density at radius 3 is 3.27 bits per heavy atom. The molecule has 3 N–H and O–H groups in total. The third kappa shape index (κ3) is 1.37. The summed E-state index contributed by atoms with van der Waals surface area (Å²) in [4.78, 5) is 15.2. The van der Waals surface area contributed by atoms with E-state index in [2.05, 4.69) is 21.2 Å². The molecule has 0 saturated carbocycles. The van der Waals surface area contributed by atoms with Crippen LogP contribution < -0.4 is 21.7 Å². The first kappa shape index (κ1) is 8.43. The molecule has 1 atom stereocenters. The van der Waals surface area contributed by atoms with Crippen molar-refractivity contribution in [2.45, 2.75) is 6.04 Å². The van der Waals surface area contributed by atoms with Gasteiger partial charge in [-0.3, -0.25) is 4.79 Å². The van der Waals surface area contributed by atoms with Crippen molar-refractivity contribution in [3.05, 3.63) is 39.9 Å². The number of anilines is 1. The predicted octanol–water partition coefficient (Wildman–Crippen LogP) is -0.315. The maximum Gasteiger partial charge on any atom is 0.270 e. The van der Waals surface area contributed by atoms with Crippen LogP contribution in [0.1, 0.15) is 5.69 Å². The largest absolute Gasteiger partial charge is 0.374 e. The fourth-order valence-corrected chi connectivity index (χ4v) is 1.81. The Hall–Kier alpha value is -1.88. The second kappa shape index (κ2) is 3.06. The highest BCUT2D eigenvalue weighted by molar-refractivity contribution is 5.70. The second-order valence-corrected chi connectivity index (χ2v) is 3.58. The lowest BCUT2D eigenvalue weighted by Crippen LogP contribution is -2.26. The molecule has 0 aliphatic carbocycles. The maximum atomic E-state index is 11.2. The summed E-state index contributed by atoms with van der Waals surface area (Å²) >= 11 is 0. The zero-order valence-corrected chi connectivity index (χ0v) is 7.95. The van der Waals surface area contributed by atoms with Gasteiger partial charge >= 0.3 is 0 Å². The van der Waals surface area contributed by atoms with E-state index in [1.165, 1.54) is 6.07 Å². The SMILES string of the molecule is O=c1cccc2c(n1)C=C1NNCC1N2. The standard InChI is InChI=1S/C10H10N4O/c15-10-3-1-2-6-7(13-10)4-8-9(12-6)5-11-14-8/h1-4,9,11-12,14H,5H2. The summed E-state index contributed by atoms with van der Waals surface area (Å²) in [7, 11) is 0. The van der Waals surface area contributed by atoms with E-state index in [1.54, 1.807) is 6.07 Å². The van der Waals surface area contributed by atoms with E-state index < -0.39 is 0 Å². The number of rotatable bonds is 0. The molecular formula is C10H10N4O. The summed E-state index contributed by atoms with van der Waals surface area (Å²) in [6, 6.07) is 5.29. The Bertz CT molecular complexity index is 497. The summed E-state index contributed by atoms with van der Waals surface area (Å²) in [5, 5.41) is 3.31. The molecule has 1 saturated heterocycles. The lowest BCUT2D eigenvalue weighted by Gasteiger charge is -2.19. The van der Waals surface area contributed by atoms with Gasteiger partial charge in [0.05, 0.1) is 23.1 Å². The number of nitrogens with zero attached hydrogens (tertiary/aromatic N) is 1. The molecule has 3 heterocycles. The normalized spacial score (nSPS) is 21.9. The van der Waals surface area contributed by atoms with Crippen molar-refractivity contribution in [3.8, 4) is 0 Å². The Kier molecular flexibility index (Phi) is 1.72. The average Bonchev–Trinajstić information content (AvgIpc) is 2.57. The quantitative estimate of drug-likeness (QED) is 0.538. The minimum atomic E-state index is -0.223. The molecule has 2 aliphatic rings. The van der Waals surface area contributed by atoms with Crippen LogP contribution >= 0.6 is 0 Å². The van der Waals surface area contributed by atoms with Gasteiger partial charge < -0.3 is 10.7 Å². The molecular weight excluding hydrogens is 192 g/mol. The van der Waals surface area contributed by atoms with Crippen molar-refractivity contribution >= 4 is 11.8 Å². The summed E-state index contributed by atoms with van der Waals surface area (Å²) in [5.74, 6) is 0. The zero-order chi connectivity index (χ0) is 10.3. The third-order valence-electron chi connectivity index (χ3n) is 2.54. The monoisotopic (exact) mass is 202 g/mol. The van der Waals surface area contributed by atoms with Crippen LogP contribution in [0.15, 0.2) is 28.7 Å². The van der Waals surface area contributed by atoms with Gasteiger partial charge in [-0.2, -0.15) is 0 Å². The number of nitrogens with one attached hydrogen (secondary N) is 3. The molecule has 1 fully saturated rings. The van der Waals surface area contributed by atoms with Crippen LogP contribution in [-0.2, 0) is 0 Å². The second-order valence-electron chi connectivity index (χ2n) is 3.58. The molecule has 76 valence electrons. The molecule has 1 aromatic heterocycles. The first-order valence-electron chi connectivity index (χ1n) is 4.81. The van der Waals surface area contributed by atoms with Crippen molar-refractivity contribution < 1.29 is 0 Å². The molecule has 5 heteroatoms. The van der Waals surface area contributed by atoms with Crippen LogP contribution in [0.4, 0.5) is 5.69 Å². The summed E-state index contributed by atoms with van der Waals surface area (Å²) in [6.07, 6.45) is 1.90. The van der Waals surface area contributed by atoms with Gasteiger partial charge in [0.1, 0.15) is 0 Å². The van der Waals surface area contributed by atoms with Crippen molar-refractivity contribution in [2.75, 3.05) is 11.9 Å². The number of hydrazine groups is 1. The summed E-state index contributed by atoms with van der Waals surface area (Å²) < 4.78 is 0. The Morgan fingerprint density at radius 2 is 2.33 bits per heavy atom. The molecule has 2 aliphatic heterocycles. The first-order chi connectivity index (χ1) is 7.33. The molecule has 3 rings (SSSR count). The van der Waals surface area contributed by atoms with Crippen LogP contribution in [0.2, 0.25) is 0 Å². The number of hydrogen-bond acceptors (Lipinski definition) is 5. The van der Waals surface area contributed by atoms with Crippen LogP contribution in [0, 0.1) is 0 Å². The minimum absolute atomic E-state index is 0.223. The predicted molar refractivity (Wildman–Crippen MR) is 57.0 cm³/mol. The van der Waals surface area contributed by atoms with E-state index in [9.17, 15) is 4.79 Å². The third-order valence-corrected chi connectivity index (χ3v) is 2.54. The molecule has 0 radical (unpaired) electrons. The van der Waals surface area contributed by atoms with E-state index in [1.807, 2.05) is 12.1 Å². The molecule has 0 bridgehead atoms. The van der Waals surface area contributed by atoms with Crippen LogP contribution in [-0.4, -0.2) is 17.6 Å². The van der Waals surface area contributed by atoms with Crippen molar-refractivity contribution in [3.63, 3.8) is 0 Å². The minimum Gasteiger partial charge on any atom is -0.374 e. The van der Waals surface area contributed by atoms with Gasteiger partial charge in [-0.15, -0.1) is 0 Å². The lowest BCUT2D eigenvalue weighted by molar-refractivity contribution is 0.717. The Labute approximate surface area is 86.2 Å². The topological polar surface area (TPSA) is 66.0 Å². The van der Waals surface area contributed by atoms with Crippen LogP contribution in [0.25, 0.3) is 6.08 Å². The molecule has 15 heavy (non-hydrogen) atoms. The number of hydrogen-bond donors (Lipinski definition) is 3. The maximum absolute atomic E-state index is 11.2. The lowest BCUT2D eigenvalue weighted by atomic mass is 10.1. The van der Waals surface area contributed by atoms with E-state index in [4.69, 9.17) is 0 Å². The van der Waals surface area contributed by atoms with Crippen LogP contribution in [0.3, 0.4) is 0 Å². The van der Waals surface area contributed by atoms with Gasteiger partial charge in [-0.1, -0.05) is 6.07 Å². The van der Waals surface area contributed by atoms with E-state index in [0.717, 1.165) is 17.9 Å². The average molecular weight is 202 g/mol. The van der Waals surface area contributed by atoms with Crippen molar-refractivity contribution in [1.29, 1.82) is 0 Å². The smallest absolute Gasteiger partial charge is 0.270 e. The summed E-state index contributed by atoms with van der Waals surface area (Å²) in [6.45, 7) is 0.827. The molecule has 5 nitrogen and oxygen atoms in total. The van der Waals surface area contributed by atoms with E-state index in [0.29, 0.717) is 5.69 Å². The van der Waals surface area contributed by atoms with Gasteiger partial charge in [0, 0.05) is 12.6 Å². The van der Waals surface area contributed by atoms with Gasteiger partial charge in [0.15, 0.2) is 0 Å². The van der Waals surface area contributed by atoms with Gasteiger partial charge in [-0.25, -0.2) is 10.4 Å². The van der Waals surface area contributed by atoms with Crippen LogP contribution in [0.5, 0.6) is 0 Å². The zero-order valence-electron chi connectivity index (χ0n) is 7.95. The van der Waals surface area contributed by atoms with E-state index in [-0.39, 0.29) is 11.6 Å². The molecule has 0 spiro atoms. The molecule has 0 amide bonds. The Balaban J connectivity index is 2.18. The highest BCUT2D eigenvalue weighted by Gasteiger charge is 2.24. The fraction of sp³-hybridized carbons (Fsp3) is 0.200. The highest BCUT2D eigenvalue weighted by atomic mass is 16.1. The van der Waals surface area contributed by atoms with Gasteiger partial charge in [-0.05, 0) is 12.1 Å². The highest BCUT2D eigenvalue weighted by Crippen LogP contribution is 2.23. The van der Waals surface area contributed by atoms with Crippen molar-refractivity contribution in [2.24, 2.45) is 0 Å². The van der Waals surface area contributed by atoms with E-state index >= 15 is 0 Å². The van der Waals surface area contributed by atoms with Gasteiger partial charge in [0.2, 0.25) is 0 Å².